The summed E-state index contributed by atoms with van der Waals surface area (Å²) in [6.07, 6.45) is 0. The molecule has 0 aliphatic carbocycles. The molecule has 1 aromatic carbocycles. The molecule has 0 amide bonds. The SMILES string of the molecule is C=C[Si](C)(NCC[Si](C)(C)c1ccccc1)O[Si](C)(C)C(C)(C)C. The Bertz CT molecular complexity index is 537. The van der Waals surface area contributed by atoms with Crippen molar-refractivity contribution in [2.45, 2.75) is 64.6 Å². The lowest BCUT2D eigenvalue weighted by molar-refractivity contribution is 0.477. The second-order valence-corrected chi connectivity index (χ2v) is 22.3. The molecule has 0 aliphatic rings. The van der Waals surface area contributed by atoms with E-state index in [1.165, 1.54) is 11.2 Å². The highest BCUT2D eigenvalue weighted by Crippen LogP contribution is 2.38. The van der Waals surface area contributed by atoms with Gasteiger partial charge < -0.3 is 9.10 Å². The molecule has 24 heavy (non-hydrogen) atoms. The van der Waals surface area contributed by atoms with Crippen LogP contribution in [-0.2, 0) is 4.12 Å². The van der Waals surface area contributed by atoms with E-state index in [1.54, 1.807) is 0 Å². The van der Waals surface area contributed by atoms with Crippen LogP contribution in [0.1, 0.15) is 20.8 Å². The van der Waals surface area contributed by atoms with E-state index in [9.17, 15) is 0 Å². The number of benzene rings is 1. The van der Waals surface area contributed by atoms with Crippen molar-refractivity contribution in [3.05, 3.63) is 42.6 Å². The quantitative estimate of drug-likeness (QED) is 0.641. The van der Waals surface area contributed by atoms with Crippen molar-refractivity contribution < 1.29 is 4.12 Å². The van der Waals surface area contributed by atoms with Crippen LogP contribution in [0.5, 0.6) is 0 Å². The van der Waals surface area contributed by atoms with Crippen LogP contribution < -0.4 is 10.2 Å². The summed E-state index contributed by atoms with van der Waals surface area (Å²) in [6.45, 7) is 23.8. The number of nitrogens with one attached hydrogen (secondary N) is 1. The molecule has 0 aromatic heterocycles. The van der Waals surface area contributed by atoms with E-state index in [2.05, 4.69) is 101 Å². The molecule has 136 valence electrons. The molecule has 1 atom stereocenters. The molecular formula is C19H37NOSi3. The van der Waals surface area contributed by atoms with Gasteiger partial charge in [0.15, 0.2) is 8.32 Å². The zero-order valence-electron chi connectivity index (χ0n) is 17.0. The summed E-state index contributed by atoms with van der Waals surface area (Å²) in [5, 5.41) is 1.75. The normalized spacial score (nSPS) is 15.8. The van der Waals surface area contributed by atoms with Crippen LogP contribution in [0.15, 0.2) is 42.6 Å². The monoisotopic (exact) mass is 379 g/mol. The molecule has 0 saturated carbocycles. The van der Waals surface area contributed by atoms with E-state index in [-0.39, 0.29) is 5.04 Å². The first-order valence-corrected chi connectivity index (χ1v) is 17.6. The average molecular weight is 380 g/mol. The van der Waals surface area contributed by atoms with Crippen molar-refractivity contribution in [2.24, 2.45) is 0 Å². The van der Waals surface area contributed by atoms with E-state index < -0.39 is 24.9 Å². The van der Waals surface area contributed by atoms with Gasteiger partial charge in [-0.15, -0.1) is 6.58 Å². The maximum Gasteiger partial charge on any atom is 0.280 e. The Morgan fingerprint density at radius 1 is 1.04 bits per heavy atom. The van der Waals surface area contributed by atoms with Crippen molar-refractivity contribution in [3.8, 4) is 0 Å². The number of hydrogen-bond donors (Lipinski definition) is 1. The molecule has 1 unspecified atom stereocenters. The highest BCUT2D eigenvalue weighted by atomic mass is 28.4. The van der Waals surface area contributed by atoms with E-state index in [0.29, 0.717) is 0 Å². The molecule has 0 heterocycles. The molecule has 0 aliphatic heterocycles. The van der Waals surface area contributed by atoms with E-state index in [4.69, 9.17) is 4.12 Å². The zero-order valence-corrected chi connectivity index (χ0v) is 20.0. The Morgan fingerprint density at radius 3 is 2.04 bits per heavy atom. The Balaban J connectivity index is 2.71. The van der Waals surface area contributed by atoms with Gasteiger partial charge in [0.25, 0.3) is 8.48 Å². The van der Waals surface area contributed by atoms with Gasteiger partial charge in [0, 0.05) is 0 Å². The van der Waals surface area contributed by atoms with Gasteiger partial charge in [-0.25, -0.2) is 0 Å². The smallest absolute Gasteiger partial charge is 0.280 e. The van der Waals surface area contributed by atoms with Crippen molar-refractivity contribution in [1.82, 2.24) is 4.98 Å². The van der Waals surface area contributed by atoms with Crippen LogP contribution in [0, 0.1) is 0 Å². The molecule has 1 aromatic rings. The molecular weight excluding hydrogens is 342 g/mol. The maximum atomic E-state index is 6.72. The molecule has 0 fully saturated rings. The van der Waals surface area contributed by atoms with Gasteiger partial charge in [-0.05, 0) is 37.3 Å². The molecule has 0 spiro atoms. The summed E-state index contributed by atoms with van der Waals surface area (Å²) < 4.78 is 6.72. The molecule has 1 rings (SSSR count). The van der Waals surface area contributed by atoms with E-state index >= 15 is 0 Å². The molecule has 0 saturated heterocycles. The van der Waals surface area contributed by atoms with Crippen LogP contribution in [0.4, 0.5) is 0 Å². The Hall–Kier alpha value is -0.469. The third kappa shape index (κ3) is 5.81. The van der Waals surface area contributed by atoms with Crippen LogP contribution >= 0.6 is 0 Å². The van der Waals surface area contributed by atoms with Crippen molar-refractivity contribution in [2.75, 3.05) is 6.54 Å². The van der Waals surface area contributed by atoms with Gasteiger partial charge >= 0.3 is 0 Å². The van der Waals surface area contributed by atoms with Crippen LogP contribution in [0.2, 0.25) is 43.8 Å². The number of hydrogen-bond acceptors (Lipinski definition) is 2. The molecule has 5 heteroatoms. The third-order valence-electron chi connectivity index (χ3n) is 5.44. The maximum absolute atomic E-state index is 6.72. The van der Waals surface area contributed by atoms with Crippen molar-refractivity contribution in [1.29, 1.82) is 0 Å². The molecule has 0 bridgehead atoms. The standard InChI is InChI=1S/C19H37NOSi3/c1-10-24(9,21-23(7,8)19(2,3)4)20-16-17-22(5,6)18-14-12-11-13-15-18/h10-15,20H,1,16-17H2,2-9H3. The summed E-state index contributed by atoms with van der Waals surface area (Å²) in [4.78, 5) is 3.77. The summed E-state index contributed by atoms with van der Waals surface area (Å²) >= 11 is 0. The molecule has 0 radical (unpaired) electrons. The van der Waals surface area contributed by atoms with Crippen molar-refractivity contribution in [3.63, 3.8) is 0 Å². The minimum atomic E-state index is -2.07. The summed E-state index contributed by atoms with van der Waals surface area (Å²) in [7, 11) is -5.26. The second kappa shape index (κ2) is 7.83. The predicted octanol–water partition coefficient (Wildman–Crippen LogP) is 5.01. The lowest BCUT2D eigenvalue weighted by atomic mass is 10.2. The average Bonchev–Trinajstić information content (AvgIpc) is 2.46. The highest BCUT2D eigenvalue weighted by molar-refractivity contribution is 6.90. The first kappa shape index (κ1) is 21.6. The van der Waals surface area contributed by atoms with Gasteiger partial charge in [0.2, 0.25) is 0 Å². The summed E-state index contributed by atoms with van der Waals surface area (Å²) in [5.41, 5.74) is 2.06. The lowest BCUT2D eigenvalue weighted by Crippen LogP contribution is -2.59. The summed E-state index contributed by atoms with van der Waals surface area (Å²) in [6, 6.07) is 12.2. The lowest BCUT2D eigenvalue weighted by Gasteiger charge is -2.42. The zero-order chi connectivity index (χ0) is 18.6. The van der Waals surface area contributed by atoms with Crippen molar-refractivity contribution >= 4 is 30.1 Å². The van der Waals surface area contributed by atoms with E-state index in [1.807, 2.05) is 0 Å². The van der Waals surface area contributed by atoms with Crippen LogP contribution in [0.25, 0.3) is 0 Å². The summed E-state index contributed by atoms with van der Waals surface area (Å²) in [5.74, 6) is 0. The van der Waals surface area contributed by atoms with Crippen LogP contribution in [0.3, 0.4) is 0 Å². The first-order valence-electron chi connectivity index (χ1n) is 8.97. The Kier molecular flexibility index (Phi) is 7.04. The van der Waals surface area contributed by atoms with Crippen LogP contribution in [-0.4, -0.2) is 31.4 Å². The second-order valence-electron chi connectivity index (χ2n) is 9.10. The fraction of sp³-hybridized carbons (Fsp3) is 0.579. The third-order valence-corrected chi connectivity index (χ3v) is 17.9. The molecule has 2 nitrogen and oxygen atoms in total. The van der Waals surface area contributed by atoms with E-state index in [0.717, 1.165) is 6.54 Å². The minimum Gasteiger partial charge on any atom is -0.441 e. The highest BCUT2D eigenvalue weighted by Gasteiger charge is 2.43. The van der Waals surface area contributed by atoms with Gasteiger partial charge in [-0.1, -0.05) is 75.1 Å². The first-order chi connectivity index (χ1) is 10.8. The molecule has 1 N–H and O–H groups in total. The van der Waals surface area contributed by atoms with Gasteiger partial charge in [-0.2, -0.15) is 0 Å². The Labute approximate surface area is 153 Å². The topological polar surface area (TPSA) is 21.3 Å². The fourth-order valence-corrected chi connectivity index (χ4v) is 11.7. The largest absolute Gasteiger partial charge is 0.441 e. The van der Waals surface area contributed by atoms with Gasteiger partial charge in [-0.3, -0.25) is 0 Å². The van der Waals surface area contributed by atoms with Gasteiger partial charge in [0.05, 0.1) is 8.07 Å². The van der Waals surface area contributed by atoms with Gasteiger partial charge in [0.1, 0.15) is 0 Å². The Morgan fingerprint density at radius 2 is 1.58 bits per heavy atom. The number of rotatable bonds is 8. The fourth-order valence-electron chi connectivity index (χ4n) is 2.49. The minimum absolute atomic E-state index is 0.226. The predicted molar refractivity (Wildman–Crippen MR) is 116 cm³/mol.